The number of ether oxygens (including phenoxy) is 1. The van der Waals surface area contributed by atoms with E-state index in [1.54, 1.807) is 37.3 Å². The minimum atomic E-state index is -0.681. The summed E-state index contributed by atoms with van der Waals surface area (Å²) >= 11 is 6.08. The lowest BCUT2D eigenvalue weighted by molar-refractivity contribution is -0.123. The van der Waals surface area contributed by atoms with E-state index in [0.717, 1.165) is 12.8 Å². The molecule has 198 valence electrons. The van der Waals surface area contributed by atoms with Crippen molar-refractivity contribution in [2.75, 3.05) is 16.8 Å². The molecule has 3 amide bonds. The molecule has 0 radical (unpaired) electrons. The van der Waals surface area contributed by atoms with E-state index in [0.29, 0.717) is 27.9 Å². The first-order valence-corrected chi connectivity index (χ1v) is 13.5. The molecule has 2 bridgehead atoms. The number of nitrogens with zero attached hydrogens (tertiary/aromatic N) is 1. The molecule has 3 aliphatic rings. The largest absolute Gasteiger partial charge is 0.452 e. The van der Waals surface area contributed by atoms with Crippen LogP contribution in [-0.2, 0) is 19.1 Å². The molecule has 3 aromatic carbocycles. The molecule has 39 heavy (non-hydrogen) atoms. The maximum atomic E-state index is 13.5. The fourth-order valence-electron chi connectivity index (χ4n) is 6.69. The maximum Gasteiger partial charge on any atom is 0.338 e. The lowest BCUT2D eigenvalue weighted by Gasteiger charge is -2.28. The normalized spacial score (nSPS) is 25.1. The van der Waals surface area contributed by atoms with E-state index in [1.165, 1.54) is 22.6 Å². The van der Waals surface area contributed by atoms with Crippen LogP contribution in [0.1, 0.15) is 40.2 Å². The molecule has 1 N–H and O–H groups in total. The fraction of sp³-hybridized carbons (Fsp3) is 0.290. The molecule has 1 heterocycles. The molecule has 3 fully saturated rings. The zero-order valence-corrected chi connectivity index (χ0v) is 22.1. The number of fused-ring (bicyclic) bond motifs is 5. The van der Waals surface area contributed by atoms with Crippen molar-refractivity contribution in [1.82, 2.24) is 0 Å². The van der Waals surface area contributed by atoms with E-state index in [4.69, 9.17) is 16.3 Å². The van der Waals surface area contributed by atoms with Gasteiger partial charge >= 0.3 is 5.97 Å². The number of esters is 1. The Morgan fingerprint density at radius 1 is 0.923 bits per heavy atom. The van der Waals surface area contributed by atoms with Crippen LogP contribution in [0.4, 0.5) is 11.4 Å². The SMILES string of the molecule is Cc1c(Cl)cccc1NC(=O)COC(=O)c1ccc(N2C(=O)[C@@H]3[C@@H]4C[C@@H]([C@H]3C2=O)[C@H](c2ccccc2)C4)cc1. The molecular formula is C31H27ClN2O5. The number of nitrogens with one attached hydrogen (secondary N) is 1. The van der Waals surface area contributed by atoms with Gasteiger partial charge in [-0.1, -0.05) is 48.0 Å². The van der Waals surface area contributed by atoms with E-state index in [-0.39, 0.29) is 41.0 Å². The van der Waals surface area contributed by atoms with Crippen LogP contribution in [0.5, 0.6) is 0 Å². The second kappa shape index (κ2) is 9.97. The number of halogens is 1. The monoisotopic (exact) mass is 542 g/mol. The van der Waals surface area contributed by atoms with Gasteiger partial charge in [-0.3, -0.25) is 19.3 Å². The van der Waals surface area contributed by atoms with E-state index >= 15 is 0 Å². The number of hydrogen-bond donors (Lipinski definition) is 1. The maximum absolute atomic E-state index is 13.5. The summed E-state index contributed by atoms with van der Waals surface area (Å²) in [6.07, 6.45) is 1.84. The summed E-state index contributed by atoms with van der Waals surface area (Å²) in [5.74, 6) is -1.36. The highest BCUT2D eigenvalue weighted by Crippen LogP contribution is 2.61. The summed E-state index contributed by atoms with van der Waals surface area (Å²) < 4.78 is 5.16. The predicted octanol–water partition coefficient (Wildman–Crippen LogP) is 5.37. The Morgan fingerprint density at radius 2 is 1.64 bits per heavy atom. The van der Waals surface area contributed by atoms with E-state index < -0.39 is 18.5 Å². The van der Waals surface area contributed by atoms with Gasteiger partial charge in [0.1, 0.15) is 0 Å². The highest BCUT2D eigenvalue weighted by Gasteiger charge is 2.64. The van der Waals surface area contributed by atoms with Crippen LogP contribution in [0.15, 0.2) is 72.8 Å². The second-order valence-electron chi connectivity index (χ2n) is 10.6. The molecule has 1 saturated heterocycles. The summed E-state index contributed by atoms with van der Waals surface area (Å²) in [4.78, 5) is 53.0. The molecule has 8 heteroatoms. The van der Waals surface area contributed by atoms with Crippen LogP contribution in [-0.4, -0.2) is 30.3 Å². The van der Waals surface area contributed by atoms with Crippen molar-refractivity contribution in [3.63, 3.8) is 0 Å². The van der Waals surface area contributed by atoms with Crippen LogP contribution in [0, 0.1) is 30.6 Å². The molecule has 5 atom stereocenters. The van der Waals surface area contributed by atoms with Gasteiger partial charge in [-0.15, -0.1) is 0 Å². The van der Waals surface area contributed by atoms with E-state index in [2.05, 4.69) is 17.4 Å². The standard InChI is InChI=1S/C31H27ClN2O5/c1-17-24(32)8-5-9-25(17)33-26(35)16-39-31(38)19-10-12-21(13-11-19)34-29(36)27-20-14-22(18-6-3-2-4-7-18)23(15-20)28(27)30(34)37/h2-13,20,22-23,27-28H,14-16H2,1H3,(H,33,35)/t20-,22-,23+,27+,28+/m0/s1. The molecular weight excluding hydrogens is 516 g/mol. The smallest absolute Gasteiger partial charge is 0.338 e. The van der Waals surface area contributed by atoms with Crippen LogP contribution < -0.4 is 10.2 Å². The van der Waals surface area contributed by atoms with Crippen molar-refractivity contribution in [3.8, 4) is 0 Å². The zero-order valence-electron chi connectivity index (χ0n) is 21.3. The highest BCUT2D eigenvalue weighted by molar-refractivity contribution is 6.31. The molecule has 0 unspecified atom stereocenters. The first-order valence-electron chi connectivity index (χ1n) is 13.1. The van der Waals surface area contributed by atoms with Gasteiger partial charge in [-0.25, -0.2) is 4.79 Å². The van der Waals surface area contributed by atoms with Gasteiger partial charge in [-0.2, -0.15) is 0 Å². The second-order valence-corrected chi connectivity index (χ2v) is 11.0. The first kappa shape index (κ1) is 25.3. The Labute approximate surface area is 231 Å². The Balaban J connectivity index is 1.10. The Hall–Kier alpha value is -3.97. The summed E-state index contributed by atoms with van der Waals surface area (Å²) in [5.41, 5.74) is 3.16. The summed E-state index contributed by atoms with van der Waals surface area (Å²) in [6, 6.07) is 21.6. The summed E-state index contributed by atoms with van der Waals surface area (Å²) in [5, 5.41) is 3.20. The van der Waals surface area contributed by atoms with Gasteiger partial charge in [-0.05, 0) is 85.0 Å². The molecule has 2 aliphatic carbocycles. The van der Waals surface area contributed by atoms with E-state index in [1.807, 2.05) is 18.2 Å². The molecule has 2 saturated carbocycles. The fourth-order valence-corrected chi connectivity index (χ4v) is 6.86. The Kier molecular flexibility index (Phi) is 6.47. The average Bonchev–Trinajstić information content (AvgIpc) is 3.62. The van der Waals surface area contributed by atoms with Crippen molar-refractivity contribution in [2.45, 2.75) is 25.7 Å². The number of amides is 3. The minimum absolute atomic E-state index is 0.146. The number of carbonyl (C=O) groups is 4. The number of hydrogen-bond acceptors (Lipinski definition) is 5. The van der Waals surface area contributed by atoms with Crippen molar-refractivity contribution >= 4 is 46.7 Å². The predicted molar refractivity (Wildman–Crippen MR) is 146 cm³/mol. The molecule has 1 aliphatic heterocycles. The topological polar surface area (TPSA) is 92.8 Å². The third-order valence-corrected chi connectivity index (χ3v) is 8.89. The van der Waals surface area contributed by atoms with Crippen LogP contribution in [0.2, 0.25) is 5.02 Å². The number of imide groups is 1. The zero-order chi connectivity index (χ0) is 27.3. The number of anilines is 2. The lowest BCUT2D eigenvalue weighted by atomic mass is 9.73. The molecule has 7 nitrogen and oxygen atoms in total. The minimum Gasteiger partial charge on any atom is -0.452 e. The number of carbonyl (C=O) groups excluding carboxylic acids is 4. The Bertz CT molecular complexity index is 1470. The number of benzene rings is 3. The van der Waals surface area contributed by atoms with Gasteiger partial charge in [0.15, 0.2) is 6.61 Å². The highest BCUT2D eigenvalue weighted by atomic mass is 35.5. The third kappa shape index (κ3) is 4.40. The van der Waals surface area contributed by atoms with Gasteiger partial charge in [0.25, 0.3) is 5.91 Å². The quantitative estimate of drug-likeness (QED) is 0.334. The first-order chi connectivity index (χ1) is 18.8. The van der Waals surface area contributed by atoms with Crippen molar-refractivity contribution in [1.29, 1.82) is 0 Å². The summed E-state index contributed by atoms with van der Waals surface area (Å²) in [6.45, 7) is 1.31. The van der Waals surface area contributed by atoms with Crippen LogP contribution >= 0.6 is 11.6 Å². The molecule has 0 spiro atoms. The van der Waals surface area contributed by atoms with Crippen molar-refractivity contribution < 1.29 is 23.9 Å². The van der Waals surface area contributed by atoms with Gasteiger partial charge in [0.05, 0.1) is 23.1 Å². The van der Waals surface area contributed by atoms with Gasteiger partial charge < -0.3 is 10.1 Å². The summed E-state index contributed by atoms with van der Waals surface area (Å²) in [7, 11) is 0. The number of rotatable bonds is 6. The van der Waals surface area contributed by atoms with Gasteiger partial charge in [0, 0.05) is 10.7 Å². The average molecular weight is 543 g/mol. The molecule has 0 aromatic heterocycles. The van der Waals surface area contributed by atoms with Crippen molar-refractivity contribution in [3.05, 3.63) is 94.5 Å². The Morgan fingerprint density at radius 3 is 2.38 bits per heavy atom. The lowest BCUT2D eigenvalue weighted by Crippen LogP contribution is -2.33. The third-order valence-electron chi connectivity index (χ3n) is 8.48. The van der Waals surface area contributed by atoms with E-state index in [9.17, 15) is 19.2 Å². The molecule has 6 rings (SSSR count). The molecule has 3 aromatic rings. The van der Waals surface area contributed by atoms with Gasteiger partial charge in [0.2, 0.25) is 11.8 Å². The van der Waals surface area contributed by atoms with Crippen molar-refractivity contribution in [2.24, 2.45) is 23.7 Å². The van der Waals surface area contributed by atoms with Crippen LogP contribution in [0.25, 0.3) is 0 Å². The van der Waals surface area contributed by atoms with Crippen LogP contribution in [0.3, 0.4) is 0 Å².